The van der Waals surface area contributed by atoms with Crippen LogP contribution in [0.4, 0.5) is 0 Å². The van der Waals surface area contributed by atoms with Gasteiger partial charge < -0.3 is 8.98 Å². The summed E-state index contributed by atoms with van der Waals surface area (Å²) in [5.41, 5.74) is 11.7. The molecule has 1 aliphatic carbocycles. The van der Waals surface area contributed by atoms with Crippen LogP contribution < -0.4 is 5.43 Å². The standard InChI is InChI=1S/C39H26N2O2/c1-39(2)31-12-5-3-10-26(31)27-15-16-33-36(37(27)39)30-22-40-19-18-32(30)41(33)25-9-7-8-23(20-25)24-14-17-35-29(21-24)38(42)28-11-4-6-13-34(28)43-35/h3-22H,1-2H3. The number of fused-ring (bicyclic) bond motifs is 9. The SMILES string of the molecule is CC1(C)c2ccccc2-c2ccc3c(c21)c1cnccc1n3-c1cccc(-c2ccc3oc4ccccc4c(=O)c3c2)c1. The highest BCUT2D eigenvalue weighted by Crippen LogP contribution is 2.53. The quantitative estimate of drug-likeness (QED) is 0.200. The monoisotopic (exact) mass is 554 g/mol. The van der Waals surface area contributed by atoms with E-state index in [0.717, 1.165) is 33.2 Å². The Morgan fingerprint density at radius 1 is 0.674 bits per heavy atom. The van der Waals surface area contributed by atoms with Crippen molar-refractivity contribution >= 4 is 43.7 Å². The fourth-order valence-electron chi connectivity index (χ4n) is 7.31. The third-order valence-electron chi connectivity index (χ3n) is 9.26. The molecule has 204 valence electrons. The molecule has 0 saturated heterocycles. The van der Waals surface area contributed by atoms with Gasteiger partial charge in [-0.25, -0.2) is 0 Å². The van der Waals surface area contributed by atoms with Crippen molar-refractivity contribution < 1.29 is 4.42 Å². The van der Waals surface area contributed by atoms with Crippen molar-refractivity contribution in [2.75, 3.05) is 0 Å². The van der Waals surface area contributed by atoms with Crippen LogP contribution in [0.25, 0.3) is 71.7 Å². The first-order valence-electron chi connectivity index (χ1n) is 14.6. The number of hydrogen-bond acceptors (Lipinski definition) is 3. The molecule has 0 bridgehead atoms. The Morgan fingerprint density at radius 2 is 1.49 bits per heavy atom. The third kappa shape index (κ3) is 3.26. The zero-order valence-corrected chi connectivity index (χ0v) is 23.8. The van der Waals surface area contributed by atoms with Gasteiger partial charge in [0.2, 0.25) is 5.43 Å². The first-order valence-corrected chi connectivity index (χ1v) is 14.6. The van der Waals surface area contributed by atoms with Crippen molar-refractivity contribution in [1.29, 1.82) is 0 Å². The van der Waals surface area contributed by atoms with Gasteiger partial charge in [-0.15, -0.1) is 0 Å². The van der Waals surface area contributed by atoms with Gasteiger partial charge in [-0.1, -0.05) is 74.5 Å². The summed E-state index contributed by atoms with van der Waals surface area (Å²) in [6, 6.07) is 37.2. The molecule has 0 fully saturated rings. The van der Waals surface area contributed by atoms with Gasteiger partial charge in [-0.3, -0.25) is 9.78 Å². The second kappa shape index (κ2) is 8.52. The van der Waals surface area contributed by atoms with Gasteiger partial charge in [0, 0.05) is 34.3 Å². The van der Waals surface area contributed by atoms with Gasteiger partial charge in [0.25, 0.3) is 0 Å². The summed E-state index contributed by atoms with van der Waals surface area (Å²) >= 11 is 0. The fraction of sp³-hybridized carbons (Fsp3) is 0.0769. The normalized spacial score (nSPS) is 13.6. The van der Waals surface area contributed by atoms with Crippen molar-refractivity contribution in [2.45, 2.75) is 19.3 Å². The number of benzene rings is 5. The molecule has 0 spiro atoms. The molecule has 4 heteroatoms. The summed E-state index contributed by atoms with van der Waals surface area (Å²) in [4.78, 5) is 17.9. The number of hydrogen-bond donors (Lipinski definition) is 0. The van der Waals surface area contributed by atoms with Crippen molar-refractivity contribution in [3.05, 3.63) is 143 Å². The molecule has 0 atom stereocenters. The zero-order valence-electron chi connectivity index (χ0n) is 23.8. The summed E-state index contributed by atoms with van der Waals surface area (Å²) in [5.74, 6) is 0. The highest BCUT2D eigenvalue weighted by molar-refractivity contribution is 6.14. The number of pyridine rings is 1. The first-order chi connectivity index (χ1) is 21.0. The number of para-hydroxylation sites is 1. The molecular formula is C39H26N2O2. The molecule has 0 radical (unpaired) electrons. The summed E-state index contributed by atoms with van der Waals surface area (Å²) in [5, 5.41) is 3.58. The molecule has 0 saturated carbocycles. The summed E-state index contributed by atoms with van der Waals surface area (Å²) in [6.45, 7) is 4.66. The zero-order chi connectivity index (χ0) is 28.9. The second-order valence-corrected chi connectivity index (χ2v) is 12.0. The lowest BCUT2D eigenvalue weighted by molar-refractivity contribution is 0.660. The van der Waals surface area contributed by atoms with E-state index in [1.165, 1.54) is 27.6 Å². The maximum Gasteiger partial charge on any atom is 0.200 e. The van der Waals surface area contributed by atoms with E-state index < -0.39 is 0 Å². The largest absolute Gasteiger partial charge is 0.456 e. The Hall–Kier alpha value is -5.48. The first kappa shape index (κ1) is 24.2. The Bertz CT molecular complexity index is 2510. The van der Waals surface area contributed by atoms with Crippen LogP contribution >= 0.6 is 0 Å². The molecule has 0 amide bonds. The van der Waals surface area contributed by atoms with Gasteiger partial charge in [0.05, 0.1) is 21.8 Å². The van der Waals surface area contributed by atoms with E-state index in [4.69, 9.17) is 4.42 Å². The summed E-state index contributed by atoms with van der Waals surface area (Å²) < 4.78 is 8.41. The van der Waals surface area contributed by atoms with Crippen LogP contribution in [-0.2, 0) is 5.41 Å². The number of aromatic nitrogens is 2. The second-order valence-electron chi connectivity index (χ2n) is 12.0. The Labute approximate surface area is 247 Å². The molecule has 0 N–H and O–H groups in total. The van der Waals surface area contributed by atoms with Crippen LogP contribution in [-0.4, -0.2) is 9.55 Å². The van der Waals surface area contributed by atoms with Crippen LogP contribution in [0, 0.1) is 0 Å². The van der Waals surface area contributed by atoms with Crippen molar-refractivity contribution in [3.63, 3.8) is 0 Å². The lowest BCUT2D eigenvalue weighted by Gasteiger charge is -2.22. The molecule has 0 aliphatic heterocycles. The van der Waals surface area contributed by atoms with Crippen LogP contribution in [0.15, 0.2) is 131 Å². The predicted octanol–water partition coefficient (Wildman–Crippen LogP) is 9.41. The molecule has 9 rings (SSSR count). The lowest BCUT2D eigenvalue weighted by Crippen LogP contribution is -2.15. The van der Waals surface area contributed by atoms with E-state index in [9.17, 15) is 4.79 Å². The molecule has 5 aromatic carbocycles. The third-order valence-corrected chi connectivity index (χ3v) is 9.26. The van der Waals surface area contributed by atoms with Crippen LogP contribution in [0.3, 0.4) is 0 Å². The van der Waals surface area contributed by atoms with Crippen molar-refractivity contribution in [2.24, 2.45) is 0 Å². The molecular weight excluding hydrogens is 528 g/mol. The molecule has 1 aliphatic rings. The van der Waals surface area contributed by atoms with Gasteiger partial charge in [-0.2, -0.15) is 0 Å². The molecule has 3 aromatic heterocycles. The highest BCUT2D eigenvalue weighted by Gasteiger charge is 2.38. The maximum atomic E-state index is 13.4. The summed E-state index contributed by atoms with van der Waals surface area (Å²) in [6.07, 6.45) is 3.87. The van der Waals surface area contributed by atoms with Gasteiger partial charge >= 0.3 is 0 Å². The molecule has 3 heterocycles. The van der Waals surface area contributed by atoms with Crippen molar-refractivity contribution in [3.8, 4) is 27.9 Å². The molecule has 0 unspecified atom stereocenters. The van der Waals surface area contributed by atoms with Crippen molar-refractivity contribution in [1.82, 2.24) is 9.55 Å². The van der Waals surface area contributed by atoms with Gasteiger partial charge in [0.15, 0.2) is 0 Å². The van der Waals surface area contributed by atoms with Crippen LogP contribution in [0.1, 0.15) is 25.0 Å². The van der Waals surface area contributed by atoms with Gasteiger partial charge in [-0.05, 0) is 81.9 Å². The van der Waals surface area contributed by atoms with E-state index in [-0.39, 0.29) is 10.8 Å². The van der Waals surface area contributed by atoms with Crippen LogP contribution in [0.2, 0.25) is 0 Å². The topological polar surface area (TPSA) is 48.0 Å². The Kier molecular flexibility index (Phi) is 4.79. The van der Waals surface area contributed by atoms with E-state index in [1.54, 1.807) is 0 Å². The van der Waals surface area contributed by atoms with E-state index in [1.807, 2.05) is 54.9 Å². The van der Waals surface area contributed by atoms with Gasteiger partial charge in [0.1, 0.15) is 11.2 Å². The molecule has 43 heavy (non-hydrogen) atoms. The Morgan fingerprint density at radius 3 is 2.42 bits per heavy atom. The van der Waals surface area contributed by atoms with Crippen LogP contribution in [0.5, 0.6) is 0 Å². The molecule has 8 aromatic rings. The maximum absolute atomic E-state index is 13.4. The van der Waals surface area contributed by atoms with E-state index in [0.29, 0.717) is 21.9 Å². The fourth-order valence-corrected chi connectivity index (χ4v) is 7.31. The minimum Gasteiger partial charge on any atom is -0.456 e. The number of nitrogens with zero attached hydrogens (tertiary/aromatic N) is 2. The predicted molar refractivity (Wildman–Crippen MR) is 175 cm³/mol. The van der Waals surface area contributed by atoms with E-state index in [2.05, 4.69) is 90.1 Å². The minimum atomic E-state index is -0.140. The smallest absolute Gasteiger partial charge is 0.200 e. The summed E-state index contributed by atoms with van der Waals surface area (Å²) in [7, 11) is 0. The average Bonchev–Trinajstić information content (AvgIpc) is 3.50. The molecule has 4 nitrogen and oxygen atoms in total. The minimum absolute atomic E-state index is 0.0118. The Balaban J connectivity index is 1.27. The average molecular weight is 555 g/mol. The number of rotatable bonds is 2. The van der Waals surface area contributed by atoms with E-state index >= 15 is 0 Å². The lowest BCUT2D eigenvalue weighted by atomic mass is 9.80. The highest BCUT2D eigenvalue weighted by atomic mass is 16.3.